The van der Waals surface area contributed by atoms with E-state index in [1.54, 1.807) is 4.31 Å². The molecule has 1 fully saturated rings. The number of hydrogen-bond acceptors (Lipinski definition) is 4. The normalized spacial score (nSPS) is 18.2. The monoisotopic (exact) mass is 297 g/mol. The fourth-order valence-corrected chi connectivity index (χ4v) is 3.30. The minimum absolute atomic E-state index is 0.612. The molecule has 5 nitrogen and oxygen atoms in total. The van der Waals surface area contributed by atoms with Gasteiger partial charge in [-0.05, 0) is 37.1 Å². The lowest BCUT2D eigenvalue weighted by atomic mass is 10.1. The highest BCUT2D eigenvalue weighted by molar-refractivity contribution is 7.88. The fourth-order valence-electron chi connectivity index (χ4n) is 2.48. The molecule has 0 spiro atoms. The summed E-state index contributed by atoms with van der Waals surface area (Å²) in [7, 11) is -3.02. The number of aryl methyl sites for hydroxylation is 1. The summed E-state index contributed by atoms with van der Waals surface area (Å²) in [5.41, 5.74) is 7.76. The van der Waals surface area contributed by atoms with Gasteiger partial charge in [0, 0.05) is 31.9 Å². The third-order valence-electron chi connectivity index (χ3n) is 3.72. The fraction of sp³-hybridized carbons (Fsp3) is 0.571. The van der Waals surface area contributed by atoms with E-state index in [-0.39, 0.29) is 0 Å². The summed E-state index contributed by atoms with van der Waals surface area (Å²) in [6.07, 6.45) is 3.40. The van der Waals surface area contributed by atoms with Crippen molar-refractivity contribution in [2.75, 3.05) is 44.7 Å². The third kappa shape index (κ3) is 4.47. The molecule has 0 radical (unpaired) electrons. The molecule has 1 aliphatic rings. The molecule has 0 aliphatic carbocycles. The first kappa shape index (κ1) is 15.3. The Kier molecular flexibility index (Phi) is 5.01. The summed E-state index contributed by atoms with van der Waals surface area (Å²) >= 11 is 0. The average molecular weight is 297 g/mol. The maximum absolute atomic E-state index is 11.4. The molecule has 112 valence electrons. The van der Waals surface area contributed by atoms with Crippen molar-refractivity contribution < 1.29 is 8.42 Å². The first-order valence-electron chi connectivity index (χ1n) is 6.97. The van der Waals surface area contributed by atoms with Gasteiger partial charge >= 0.3 is 0 Å². The Balaban J connectivity index is 1.70. The van der Waals surface area contributed by atoms with Crippen LogP contribution in [0.3, 0.4) is 0 Å². The molecule has 1 aliphatic heterocycles. The largest absolute Gasteiger partial charge is 0.399 e. The molecule has 2 rings (SSSR count). The molecule has 0 saturated carbocycles. The molecule has 1 saturated heterocycles. The molecule has 0 aromatic heterocycles. The summed E-state index contributed by atoms with van der Waals surface area (Å²) in [6.45, 7) is 3.90. The lowest BCUT2D eigenvalue weighted by molar-refractivity contribution is 0.187. The van der Waals surface area contributed by atoms with Crippen LogP contribution in [0.5, 0.6) is 0 Å². The molecule has 0 unspecified atom stereocenters. The highest BCUT2D eigenvalue weighted by Gasteiger charge is 2.22. The Morgan fingerprint density at radius 1 is 1.10 bits per heavy atom. The first-order valence-corrected chi connectivity index (χ1v) is 8.82. The van der Waals surface area contributed by atoms with E-state index in [1.165, 1.54) is 11.8 Å². The Labute approximate surface area is 121 Å². The van der Waals surface area contributed by atoms with E-state index in [0.29, 0.717) is 13.1 Å². The first-order chi connectivity index (χ1) is 9.45. The Bertz CT molecular complexity index is 520. The van der Waals surface area contributed by atoms with Gasteiger partial charge in [0.2, 0.25) is 10.0 Å². The third-order valence-corrected chi connectivity index (χ3v) is 5.02. The Hall–Kier alpha value is -1.11. The van der Waals surface area contributed by atoms with Crippen molar-refractivity contribution in [2.45, 2.75) is 12.8 Å². The topological polar surface area (TPSA) is 66.6 Å². The second-order valence-electron chi connectivity index (χ2n) is 5.35. The summed E-state index contributed by atoms with van der Waals surface area (Å²) < 4.78 is 24.4. The number of benzene rings is 1. The minimum Gasteiger partial charge on any atom is -0.399 e. The second kappa shape index (κ2) is 6.56. The Morgan fingerprint density at radius 3 is 2.25 bits per heavy atom. The van der Waals surface area contributed by atoms with Crippen LogP contribution in [0.2, 0.25) is 0 Å². The second-order valence-corrected chi connectivity index (χ2v) is 7.33. The molecule has 0 bridgehead atoms. The van der Waals surface area contributed by atoms with Gasteiger partial charge in [-0.1, -0.05) is 12.1 Å². The molecule has 1 heterocycles. The van der Waals surface area contributed by atoms with Gasteiger partial charge in [-0.25, -0.2) is 8.42 Å². The van der Waals surface area contributed by atoms with Gasteiger partial charge in [-0.2, -0.15) is 4.31 Å². The van der Waals surface area contributed by atoms with Crippen LogP contribution < -0.4 is 5.73 Å². The number of hydrogen-bond donors (Lipinski definition) is 1. The number of nitrogens with two attached hydrogens (primary N) is 1. The van der Waals surface area contributed by atoms with Crippen molar-refractivity contribution in [1.29, 1.82) is 0 Å². The number of nitrogens with zero attached hydrogens (tertiary/aromatic N) is 2. The van der Waals surface area contributed by atoms with Crippen LogP contribution >= 0.6 is 0 Å². The van der Waals surface area contributed by atoms with Crippen LogP contribution in [0.1, 0.15) is 12.0 Å². The quantitative estimate of drug-likeness (QED) is 0.816. The predicted octanol–water partition coefficient (Wildman–Crippen LogP) is 0.779. The van der Waals surface area contributed by atoms with Gasteiger partial charge in [0.25, 0.3) is 0 Å². The van der Waals surface area contributed by atoms with Crippen LogP contribution in [0.25, 0.3) is 0 Å². The van der Waals surface area contributed by atoms with Gasteiger partial charge in [-0.3, -0.25) is 0 Å². The highest BCUT2D eigenvalue weighted by atomic mass is 32.2. The number of rotatable bonds is 5. The molecule has 2 N–H and O–H groups in total. The van der Waals surface area contributed by atoms with Crippen LogP contribution in [-0.2, 0) is 16.4 Å². The molecule has 1 aromatic carbocycles. The van der Waals surface area contributed by atoms with Crippen molar-refractivity contribution >= 4 is 15.7 Å². The Morgan fingerprint density at radius 2 is 1.70 bits per heavy atom. The van der Waals surface area contributed by atoms with E-state index in [2.05, 4.69) is 17.0 Å². The van der Waals surface area contributed by atoms with Gasteiger partial charge in [0.15, 0.2) is 0 Å². The van der Waals surface area contributed by atoms with Crippen molar-refractivity contribution in [3.63, 3.8) is 0 Å². The maximum atomic E-state index is 11.4. The molecule has 20 heavy (non-hydrogen) atoms. The smallest absolute Gasteiger partial charge is 0.211 e. The van der Waals surface area contributed by atoms with Crippen LogP contribution in [0.4, 0.5) is 5.69 Å². The van der Waals surface area contributed by atoms with Crippen molar-refractivity contribution in [2.24, 2.45) is 0 Å². The van der Waals surface area contributed by atoms with Gasteiger partial charge in [0.1, 0.15) is 0 Å². The zero-order valence-electron chi connectivity index (χ0n) is 12.0. The standard InChI is InChI=1S/C14H23N3O2S/c1-20(18,19)17-11-9-16(10-12-17)8-2-3-13-4-6-14(15)7-5-13/h4-7H,2-3,8-12,15H2,1H3. The van der Waals surface area contributed by atoms with Crippen LogP contribution in [-0.4, -0.2) is 56.6 Å². The summed E-state index contributed by atoms with van der Waals surface area (Å²) in [6, 6.07) is 7.99. The van der Waals surface area contributed by atoms with Crippen LogP contribution in [0, 0.1) is 0 Å². The van der Waals surface area contributed by atoms with Gasteiger partial charge in [0.05, 0.1) is 6.26 Å². The zero-order valence-corrected chi connectivity index (χ0v) is 12.8. The summed E-state index contributed by atoms with van der Waals surface area (Å²) in [5.74, 6) is 0. The predicted molar refractivity (Wildman–Crippen MR) is 82.0 cm³/mol. The number of anilines is 1. The molecule has 6 heteroatoms. The van der Waals surface area contributed by atoms with E-state index < -0.39 is 10.0 Å². The SMILES string of the molecule is CS(=O)(=O)N1CCN(CCCc2ccc(N)cc2)CC1. The van der Waals surface area contributed by atoms with E-state index >= 15 is 0 Å². The molecule has 1 aromatic rings. The maximum Gasteiger partial charge on any atom is 0.211 e. The van der Waals surface area contributed by atoms with E-state index in [9.17, 15) is 8.42 Å². The van der Waals surface area contributed by atoms with Crippen molar-refractivity contribution in [3.05, 3.63) is 29.8 Å². The van der Waals surface area contributed by atoms with E-state index in [1.807, 2.05) is 12.1 Å². The molecular weight excluding hydrogens is 274 g/mol. The molecule has 0 amide bonds. The van der Waals surface area contributed by atoms with Crippen molar-refractivity contribution in [1.82, 2.24) is 9.21 Å². The lowest BCUT2D eigenvalue weighted by Gasteiger charge is -2.33. The van der Waals surface area contributed by atoms with E-state index in [4.69, 9.17) is 5.73 Å². The van der Waals surface area contributed by atoms with Crippen molar-refractivity contribution in [3.8, 4) is 0 Å². The number of nitrogen functional groups attached to an aromatic ring is 1. The minimum atomic E-state index is -3.02. The molecule has 0 atom stereocenters. The summed E-state index contributed by atoms with van der Waals surface area (Å²) in [5, 5.41) is 0. The summed E-state index contributed by atoms with van der Waals surface area (Å²) in [4.78, 5) is 2.33. The zero-order chi connectivity index (χ0) is 14.6. The van der Waals surface area contributed by atoms with E-state index in [0.717, 1.165) is 38.2 Å². The van der Waals surface area contributed by atoms with Gasteiger partial charge in [-0.15, -0.1) is 0 Å². The lowest BCUT2D eigenvalue weighted by Crippen LogP contribution is -2.48. The number of piperazine rings is 1. The highest BCUT2D eigenvalue weighted by Crippen LogP contribution is 2.10. The molecular formula is C14H23N3O2S. The average Bonchev–Trinajstić information content (AvgIpc) is 2.41. The number of sulfonamides is 1. The van der Waals surface area contributed by atoms with Crippen LogP contribution in [0.15, 0.2) is 24.3 Å². The van der Waals surface area contributed by atoms with Gasteiger partial charge < -0.3 is 10.6 Å².